The highest BCUT2D eigenvalue weighted by atomic mass is 19.1. The van der Waals surface area contributed by atoms with Gasteiger partial charge in [0.25, 0.3) is 5.91 Å². The van der Waals surface area contributed by atoms with Crippen LogP contribution >= 0.6 is 0 Å². The van der Waals surface area contributed by atoms with Crippen molar-refractivity contribution < 1.29 is 18.4 Å². The van der Waals surface area contributed by atoms with Gasteiger partial charge in [-0.3, -0.25) is 9.59 Å². The molecule has 1 amide bonds. The van der Waals surface area contributed by atoms with Crippen molar-refractivity contribution >= 4 is 17.4 Å². The molecule has 1 heterocycles. The first-order valence-corrected chi connectivity index (χ1v) is 7.36. The number of carbonyl (C=O) groups is 2. The third-order valence-corrected chi connectivity index (χ3v) is 3.39. The van der Waals surface area contributed by atoms with Crippen molar-refractivity contribution in [3.8, 4) is 0 Å². The molecule has 0 saturated carbocycles. The molecule has 2 rings (SSSR count). The molecule has 0 atom stereocenters. The van der Waals surface area contributed by atoms with E-state index in [1.54, 1.807) is 25.1 Å². The molecule has 0 radical (unpaired) electrons. The summed E-state index contributed by atoms with van der Waals surface area (Å²) in [6.45, 7) is 4.07. The molecule has 0 aliphatic carbocycles. The highest BCUT2D eigenvalue weighted by molar-refractivity contribution is 5.99. The first-order valence-electron chi connectivity index (χ1n) is 7.36. The van der Waals surface area contributed by atoms with E-state index in [1.807, 2.05) is 0 Å². The molecule has 2 aromatic rings. The van der Waals surface area contributed by atoms with Crippen LogP contribution in [0.2, 0.25) is 0 Å². The molecule has 6 heteroatoms. The largest absolute Gasteiger partial charge is 0.459 e. The van der Waals surface area contributed by atoms with Crippen LogP contribution in [-0.4, -0.2) is 24.8 Å². The second-order valence-electron chi connectivity index (χ2n) is 5.19. The number of aryl methyl sites for hydroxylation is 1. The van der Waals surface area contributed by atoms with Crippen molar-refractivity contribution in [2.75, 3.05) is 18.4 Å². The Balaban J connectivity index is 1.80. The lowest BCUT2D eigenvalue weighted by Gasteiger charge is -2.11. The summed E-state index contributed by atoms with van der Waals surface area (Å²) in [7, 11) is 0. The SMILES string of the molecule is CC(=O)c1c(F)cccc1NCCCNC(=O)c1occc1C. The van der Waals surface area contributed by atoms with E-state index in [0.717, 1.165) is 5.56 Å². The Kier molecular flexibility index (Phi) is 5.51. The minimum Gasteiger partial charge on any atom is -0.459 e. The van der Waals surface area contributed by atoms with Gasteiger partial charge in [0.15, 0.2) is 11.5 Å². The Morgan fingerprint density at radius 1 is 1.22 bits per heavy atom. The molecule has 0 fully saturated rings. The molecule has 0 aliphatic rings. The highest BCUT2D eigenvalue weighted by Crippen LogP contribution is 2.19. The molecular weight excluding hydrogens is 299 g/mol. The van der Waals surface area contributed by atoms with Gasteiger partial charge in [-0.25, -0.2) is 4.39 Å². The van der Waals surface area contributed by atoms with Crippen molar-refractivity contribution in [1.29, 1.82) is 0 Å². The molecule has 2 N–H and O–H groups in total. The van der Waals surface area contributed by atoms with Crippen LogP contribution in [-0.2, 0) is 0 Å². The summed E-state index contributed by atoms with van der Waals surface area (Å²) in [5.41, 5.74) is 1.31. The Morgan fingerprint density at radius 3 is 2.65 bits per heavy atom. The smallest absolute Gasteiger partial charge is 0.287 e. The lowest BCUT2D eigenvalue weighted by atomic mass is 10.1. The maximum absolute atomic E-state index is 13.6. The molecule has 23 heavy (non-hydrogen) atoms. The number of Topliss-reactive ketones (excluding diaryl/α,β-unsaturated/α-hetero) is 1. The van der Waals surface area contributed by atoms with Crippen molar-refractivity contribution in [2.45, 2.75) is 20.3 Å². The zero-order chi connectivity index (χ0) is 16.8. The molecule has 0 unspecified atom stereocenters. The van der Waals surface area contributed by atoms with Gasteiger partial charge in [-0.05, 0) is 38.5 Å². The van der Waals surface area contributed by atoms with E-state index in [4.69, 9.17) is 4.42 Å². The fourth-order valence-corrected chi connectivity index (χ4v) is 2.23. The van der Waals surface area contributed by atoms with Crippen LogP contribution in [0, 0.1) is 12.7 Å². The molecule has 0 bridgehead atoms. The van der Waals surface area contributed by atoms with Crippen LogP contribution in [0.25, 0.3) is 0 Å². The molecule has 1 aromatic heterocycles. The van der Waals surface area contributed by atoms with Crippen molar-refractivity contribution in [3.63, 3.8) is 0 Å². The number of carbonyl (C=O) groups excluding carboxylic acids is 2. The van der Waals surface area contributed by atoms with E-state index in [0.29, 0.717) is 31.0 Å². The highest BCUT2D eigenvalue weighted by Gasteiger charge is 2.13. The molecule has 0 saturated heterocycles. The van der Waals surface area contributed by atoms with Crippen molar-refractivity contribution in [2.24, 2.45) is 0 Å². The van der Waals surface area contributed by atoms with E-state index in [1.165, 1.54) is 19.3 Å². The van der Waals surface area contributed by atoms with Crippen LogP contribution in [0.15, 0.2) is 34.9 Å². The summed E-state index contributed by atoms with van der Waals surface area (Å²) in [5, 5.41) is 5.77. The van der Waals surface area contributed by atoms with Gasteiger partial charge in [0.2, 0.25) is 0 Å². The van der Waals surface area contributed by atoms with Crippen LogP contribution in [0.1, 0.15) is 39.8 Å². The van der Waals surface area contributed by atoms with Crippen LogP contribution < -0.4 is 10.6 Å². The lowest BCUT2D eigenvalue weighted by molar-refractivity contribution is 0.0924. The Morgan fingerprint density at radius 2 is 2.00 bits per heavy atom. The average molecular weight is 318 g/mol. The van der Waals surface area contributed by atoms with E-state index < -0.39 is 5.82 Å². The van der Waals surface area contributed by atoms with Gasteiger partial charge in [0.05, 0.1) is 11.8 Å². The maximum Gasteiger partial charge on any atom is 0.287 e. The number of nitrogens with one attached hydrogen (secondary N) is 2. The average Bonchev–Trinajstić information content (AvgIpc) is 2.92. The quantitative estimate of drug-likeness (QED) is 0.607. The zero-order valence-corrected chi connectivity index (χ0v) is 13.1. The number of furan rings is 1. The maximum atomic E-state index is 13.6. The van der Waals surface area contributed by atoms with Gasteiger partial charge in [0, 0.05) is 24.3 Å². The number of anilines is 1. The van der Waals surface area contributed by atoms with Gasteiger partial charge in [-0.2, -0.15) is 0 Å². The normalized spacial score (nSPS) is 10.4. The fourth-order valence-electron chi connectivity index (χ4n) is 2.23. The van der Waals surface area contributed by atoms with Crippen LogP contribution in [0.5, 0.6) is 0 Å². The number of hydrogen-bond donors (Lipinski definition) is 2. The third-order valence-electron chi connectivity index (χ3n) is 3.39. The van der Waals surface area contributed by atoms with Gasteiger partial charge < -0.3 is 15.1 Å². The molecule has 0 spiro atoms. The summed E-state index contributed by atoms with van der Waals surface area (Å²) in [6.07, 6.45) is 2.10. The van der Waals surface area contributed by atoms with E-state index in [9.17, 15) is 14.0 Å². The van der Waals surface area contributed by atoms with E-state index in [2.05, 4.69) is 10.6 Å². The Hall–Kier alpha value is -2.63. The second kappa shape index (κ2) is 7.58. The second-order valence-corrected chi connectivity index (χ2v) is 5.19. The summed E-state index contributed by atoms with van der Waals surface area (Å²) < 4.78 is 18.7. The third kappa shape index (κ3) is 4.18. The van der Waals surface area contributed by atoms with E-state index in [-0.39, 0.29) is 17.3 Å². The number of halogens is 1. The van der Waals surface area contributed by atoms with Gasteiger partial charge in [-0.15, -0.1) is 0 Å². The fraction of sp³-hybridized carbons (Fsp3) is 0.294. The minimum absolute atomic E-state index is 0.0581. The number of benzene rings is 1. The van der Waals surface area contributed by atoms with Crippen molar-refractivity contribution in [3.05, 3.63) is 53.2 Å². The molecular formula is C17H19FN2O3. The topological polar surface area (TPSA) is 71.3 Å². The predicted molar refractivity (Wildman–Crippen MR) is 85.3 cm³/mol. The Labute approximate surface area is 133 Å². The standard InChI is InChI=1S/C17H19FN2O3/c1-11-7-10-23-16(11)17(22)20-9-4-8-19-14-6-3-5-13(18)15(14)12(2)21/h3,5-7,10,19H,4,8-9H2,1-2H3,(H,20,22). The number of rotatable bonds is 7. The van der Waals surface area contributed by atoms with Gasteiger partial charge >= 0.3 is 0 Å². The number of hydrogen-bond acceptors (Lipinski definition) is 4. The molecule has 5 nitrogen and oxygen atoms in total. The minimum atomic E-state index is -0.538. The van der Waals surface area contributed by atoms with Crippen LogP contribution in [0.4, 0.5) is 10.1 Å². The number of amides is 1. The Bertz CT molecular complexity index is 710. The van der Waals surface area contributed by atoms with Gasteiger partial charge in [0.1, 0.15) is 5.82 Å². The van der Waals surface area contributed by atoms with Crippen molar-refractivity contribution in [1.82, 2.24) is 5.32 Å². The summed E-state index contributed by atoms with van der Waals surface area (Å²) >= 11 is 0. The molecule has 0 aliphatic heterocycles. The lowest BCUT2D eigenvalue weighted by Crippen LogP contribution is -2.26. The van der Waals surface area contributed by atoms with E-state index >= 15 is 0 Å². The molecule has 1 aromatic carbocycles. The number of ketones is 1. The first kappa shape index (κ1) is 16.7. The summed E-state index contributed by atoms with van der Waals surface area (Å²) in [6, 6.07) is 6.19. The molecule has 122 valence electrons. The van der Waals surface area contributed by atoms with Gasteiger partial charge in [-0.1, -0.05) is 6.07 Å². The van der Waals surface area contributed by atoms with Crippen LogP contribution in [0.3, 0.4) is 0 Å². The zero-order valence-electron chi connectivity index (χ0n) is 13.1. The summed E-state index contributed by atoms with van der Waals surface area (Å²) in [5.74, 6) is -0.819. The summed E-state index contributed by atoms with van der Waals surface area (Å²) in [4.78, 5) is 23.3. The first-order chi connectivity index (χ1) is 11.0. The predicted octanol–water partition coefficient (Wildman–Crippen LogP) is 3.16. The monoisotopic (exact) mass is 318 g/mol.